The molecule has 0 atom stereocenters. The molecule has 3 heterocycles. The summed E-state index contributed by atoms with van der Waals surface area (Å²) in [5.74, 6) is 0. The molecule has 3 aromatic carbocycles. The highest BCUT2D eigenvalue weighted by molar-refractivity contribution is 7.18. The molecule has 0 amide bonds. The number of fused-ring (bicyclic) bond motifs is 1. The van der Waals surface area contributed by atoms with E-state index in [0.29, 0.717) is 32.2 Å². The molecule has 0 saturated heterocycles. The van der Waals surface area contributed by atoms with E-state index in [1.807, 2.05) is 12.1 Å². The van der Waals surface area contributed by atoms with E-state index in [9.17, 15) is 26.3 Å². The first kappa shape index (κ1) is 25.2. The van der Waals surface area contributed by atoms with Gasteiger partial charge in [-0.1, -0.05) is 36.4 Å². The Kier molecular flexibility index (Phi) is 5.99. The number of alkyl halides is 6. The Bertz CT molecular complexity index is 1650. The minimum Gasteiger partial charge on any atom is -0.244 e. The standard InChI is InChI=1S/C26H13F6N5S2/c27-25(28,29)15-5-1-13(2-6-15)23-33-11-19(38-23)17-9-10-18(22-21(17)35-37-36-22)20-12-34-24(39-20)14-3-7-16(8-4-14)26(30,31)32/h1-12H,(H,35,36,37). The number of halogens is 6. The maximum absolute atomic E-state index is 12.9. The number of benzene rings is 3. The van der Waals surface area contributed by atoms with Crippen LogP contribution in [0.15, 0.2) is 73.1 Å². The molecule has 0 saturated carbocycles. The Morgan fingerprint density at radius 1 is 0.538 bits per heavy atom. The fourth-order valence-corrected chi connectivity index (χ4v) is 5.89. The third kappa shape index (κ3) is 4.79. The van der Waals surface area contributed by atoms with Crippen LogP contribution in [0.2, 0.25) is 0 Å². The summed E-state index contributed by atoms with van der Waals surface area (Å²) in [5.41, 5.74) is 2.29. The fourth-order valence-electron chi connectivity index (χ4n) is 4.00. The van der Waals surface area contributed by atoms with Gasteiger partial charge in [-0.25, -0.2) is 9.97 Å². The lowest BCUT2D eigenvalue weighted by atomic mass is 10.1. The molecule has 0 aliphatic carbocycles. The van der Waals surface area contributed by atoms with Crippen LogP contribution in [0.3, 0.4) is 0 Å². The van der Waals surface area contributed by atoms with E-state index < -0.39 is 23.5 Å². The van der Waals surface area contributed by atoms with Crippen molar-refractivity contribution in [2.75, 3.05) is 0 Å². The van der Waals surface area contributed by atoms with E-state index in [-0.39, 0.29) is 0 Å². The topological polar surface area (TPSA) is 67.3 Å². The van der Waals surface area contributed by atoms with Crippen LogP contribution in [0.5, 0.6) is 0 Å². The summed E-state index contributed by atoms with van der Waals surface area (Å²) >= 11 is 2.63. The van der Waals surface area contributed by atoms with Gasteiger partial charge in [0.2, 0.25) is 0 Å². The summed E-state index contributed by atoms with van der Waals surface area (Å²) in [5, 5.41) is 12.3. The molecule has 0 unspecified atom stereocenters. The zero-order valence-corrected chi connectivity index (χ0v) is 20.9. The van der Waals surface area contributed by atoms with Crippen molar-refractivity contribution < 1.29 is 26.3 Å². The van der Waals surface area contributed by atoms with Gasteiger partial charge in [-0.3, -0.25) is 0 Å². The van der Waals surface area contributed by atoms with Gasteiger partial charge in [-0.2, -0.15) is 41.8 Å². The number of hydrogen-bond acceptors (Lipinski definition) is 6. The van der Waals surface area contributed by atoms with Crippen molar-refractivity contribution in [2.24, 2.45) is 0 Å². The van der Waals surface area contributed by atoms with E-state index in [0.717, 1.165) is 45.1 Å². The lowest BCUT2D eigenvalue weighted by Gasteiger charge is -2.06. The molecule has 196 valence electrons. The van der Waals surface area contributed by atoms with Gasteiger partial charge in [-0.15, -0.1) is 22.7 Å². The van der Waals surface area contributed by atoms with Crippen LogP contribution in [0.25, 0.3) is 53.1 Å². The van der Waals surface area contributed by atoms with Crippen LogP contribution in [0.1, 0.15) is 11.1 Å². The molecule has 0 spiro atoms. The molecule has 5 nitrogen and oxygen atoms in total. The van der Waals surface area contributed by atoms with E-state index in [4.69, 9.17) is 0 Å². The van der Waals surface area contributed by atoms with Crippen LogP contribution in [-0.4, -0.2) is 25.4 Å². The molecule has 1 N–H and O–H groups in total. The quantitative estimate of drug-likeness (QED) is 0.215. The van der Waals surface area contributed by atoms with Crippen LogP contribution < -0.4 is 0 Å². The SMILES string of the molecule is FC(F)(F)c1ccc(-c2ncc(-c3ccc(-c4cnc(-c5ccc(C(F)(F)F)cc5)s4)c4n[nH]nc34)s2)cc1. The second-order valence-electron chi connectivity index (χ2n) is 8.39. The molecule has 39 heavy (non-hydrogen) atoms. The summed E-state index contributed by atoms with van der Waals surface area (Å²) in [6, 6.07) is 13.3. The van der Waals surface area contributed by atoms with E-state index >= 15 is 0 Å². The van der Waals surface area contributed by atoms with Gasteiger partial charge in [0.15, 0.2) is 0 Å². The Labute approximate surface area is 223 Å². The summed E-state index contributed by atoms with van der Waals surface area (Å²) in [7, 11) is 0. The van der Waals surface area contributed by atoms with Gasteiger partial charge in [0.1, 0.15) is 21.0 Å². The zero-order chi connectivity index (χ0) is 27.4. The lowest BCUT2D eigenvalue weighted by molar-refractivity contribution is -0.138. The maximum Gasteiger partial charge on any atom is 0.416 e. The number of hydrogen-bond donors (Lipinski definition) is 1. The van der Waals surface area contributed by atoms with Crippen LogP contribution in [-0.2, 0) is 12.4 Å². The first-order valence-corrected chi connectivity index (χ1v) is 12.8. The highest BCUT2D eigenvalue weighted by atomic mass is 32.1. The molecule has 0 fully saturated rings. The van der Waals surface area contributed by atoms with Gasteiger partial charge >= 0.3 is 12.4 Å². The Morgan fingerprint density at radius 2 is 0.923 bits per heavy atom. The Morgan fingerprint density at radius 3 is 1.28 bits per heavy atom. The first-order valence-electron chi connectivity index (χ1n) is 11.2. The van der Waals surface area contributed by atoms with Crippen LogP contribution >= 0.6 is 22.7 Å². The third-order valence-electron chi connectivity index (χ3n) is 5.94. The normalized spacial score (nSPS) is 12.4. The number of rotatable bonds is 4. The fraction of sp³-hybridized carbons (Fsp3) is 0.0769. The molecular formula is C26H13F6N5S2. The lowest BCUT2D eigenvalue weighted by Crippen LogP contribution is -2.03. The monoisotopic (exact) mass is 573 g/mol. The third-order valence-corrected chi connectivity index (χ3v) is 8.09. The van der Waals surface area contributed by atoms with Gasteiger partial charge in [0, 0.05) is 34.6 Å². The molecule has 6 rings (SSSR count). The molecule has 0 radical (unpaired) electrons. The zero-order valence-electron chi connectivity index (χ0n) is 19.3. The number of nitrogens with one attached hydrogen (secondary N) is 1. The molecule has 0 aliphatic heterocycles. The second kappa shape index (κ2) is 9.27. The summed E-state index contributed by atoms with van der Waals surface area (Å²) in [4.78, 5) is 10.3. The molecule has 0 bridgehead atoms. The largest absolute Gasteiger partial charge is 0.416 e. The molecule has 13 heteroatoms. The Hall–Kier alpha value is -4.10. The summed E-state index contributed by atoms with van der Waals surface area (Å²) in [6.45, 7) is 0. The average Bonchev–Trinajstić information content (AvgIpc) is 3.68. The Balaban J connectivity index is 1.31. The van der Waals surface area contributed by atoms with Gasteiger partial charge in [0.25, 0.3) is 0 Å². The van der Waals surface area contributed by atoms with E-state index in [1.165, 1.54) is 46.9 Å². The molecule has 3 aromatic heterocycles. The van der Waals surface area contributed by atoms with Crippen LogP contribution in [0, 0.1) is 0 Å². The maximum atomic E-state index is 12.9. The van der Waals surface area contributed by atoms with Gasteiger partial charge < -0.3 is 0 Å². The highest BCUT2D eigenvalue weighted by Crippen LogP contribution is 2.41. The van der Waals surface area contributed by atoms with Crippen molar-refractivity contribution >= 4 is 33.7 Å². The molecular weight excluding hydrogens is 560 g/mol. The van der Waals surface area contributed by atoms with Crippen LogP contribution in [0.4, 0.5) is 26.3 Å². The molecule has 0 aliphatic rings. The van der Waals surface area contributed by atoms with E-state index in [1.54, 1.807) is 12.4 Å². The smallest absolute Gasteiger partial charge is 0.244 e. The second-order valence-corrected chi connectivity index (χ2v) is 10.5. The number of aromatic amines is 1. The van der Waals surface area contributed by atoms with Crippen molar-refractivity contribution in [2.45, 2.75) is 12.4 Å². The van der Waals surface area contributed by atoms with Crippen molar-refractivity contribution in [1.82, 2.24) is 25.4 Å². The van der Waals surface area contributed by atoms with Crippen molar-refractivity contribution in [3.63, 3.8) is 0 Å². The minimum absolute atomic E-state index is 0.558. The number of H-pyrrole nitrogens is 1. The van der Waals surface area contributed by atoms with Crippen molar-refractivity contribution in [1.29, 1.82) is 0 Å². The van der Waals surface area contributed by atoms with Crippen molar-refractivity contribution in [3.05, 3.63) is 84.2 Å². The summed E-state index contributed by atoms with van der Waals surface area (Å²) in [6.07, 6.45) is -5.56. The highest BCUT2D eigenvalue weighted by Gasteiger charge is 2.31. The van der Waals surface area contributed by atoms with Crippen molar-refractivity contribution in [3.8, 4) is 42.0 Å². The first-order chi connectivity index (χ1) is 18.6. The predicted octanol–water partition coefficient (Wildman–Crippen LogP) is 8.58. The number of thiazole rings is 2. The molecule has 6 aromatic rings. The summed E-state index contributed by atoms with van der Waals surface area (Å²) < 4.78 is 77.4. The van der Waals surface area contributed by atoms with Gasteiger partial charge in [0.05, 0.1) is 20.9 Å². The average molecular weight is 574 g/mol. The minimum atomic E-state index is -4.41. The number of aromatic nitrogens is 5. The number of nitrogens with zero attached hydrogens (tertiary/aromatic N) is 4. The van der Waals surface area contributed by atoms with Gasteiger partial charge in [-0.05, 0) is 24.3 Å². The predicted molar refractivity (Wildman–Crippen MR) is 137 cm³/mol. The van der Waals surface area contributed by atoms with E-state index in [2.05, 4.69) is 25.4 Å².